The fourth-order valence-electron chi connectivity index (χ4n) is 6.14. The van der Waals surface area contributed by atoms with Crippen LogP contribution in [0.2, 0.25) is 0 Å². The van der Waals surface area contributed by atoms with Crippen molar-refractivity contribution in [1.82, 2.24) is 15.1 Å². The summed E-state index contributed by atoms with van der Waals surface area (Å²) in [6.45, 7) is 4.51. The first-order valence-electron chi connectivity index (χ1n) is 10.2. The van der Waals surface area contributed by atoms with Crippen LogP contribution in [0.4, 0.5) is 0 Å². The highest BCUT2D eigenvalue weighted by atomic mass is 35.5. The van der Waals surface area contributed by atoms with E-state index in [1.807, 2.05) is 4.90 Å². The number of carbonyl (C=O) groups excluding carboxylic acids is 1. The summed E-state index contributed by atoms with van der Waals surface area (Å²) in [6.07, 6.45) is 5.31. The third-order valence-electron chi connectivity index (χ3n) is 7.47. The molecule has 0 aromatic rings. The number of likely N-dealkylation sites (tertiary alicyclic amines) is 1. The molecule has 7 unspecified atom stereocenters. The van der Waals surface area contributed by atoms with Crippen LogP contribution in [-0.4, -0.2) is 83.0 Å². The molecule has 4 aliphatic rings. The highest BCUT2D eigenvalue weighted by Gasteiger charge is 2.57. The molecule has 2 saturated heterocycles. The largest absolute Gasteiger partial charge is 0.387 e. The Morgan fingerprint density at radius 1 is 1.33 bits per heavy atom. The second kappa shape index (κ2) is 7.83. The van der Waals surface area contributed by atoms with Crippen molar-refractivity contribution in [1.29, 1.82) is 0 Å². The average Bonchev–Trinajstić information content (AvgIpc) is 3.06. The molecule has 1 aliphatic carbocycles. The minimum atomic E-state index is -0.411. The predicted octanol–water partition coefficient (Wildman–Crippen LogP) is 1.67. The number of amides is 1. The van der Waals surface area contributed by atoms with Crippen LogP contribution in [0, 0.1) is 17.8 Å². The fourth-order valence-corrected chi connectivity index (χ4v) is 6.83. The van der Waals surface area contributed by atoms with Gasteiger partial charge in [0.15, 0.2) is 0 Å². The van der Waals surface area contributed by atoms with E-state index in [0.29, 0.717) is 30.3 Å². The van der Waals surface area contributed by atoms with Crippen molar-refractivity contribution in [2.75, 3.05) is 33.3 Å². The van der Waals surface area contributed by atoms with E-state index in [9.17, 15) is 9.90 Å². The van der Waals surface area contributed by atoms with Crippen LogP contribution in [-0.2, 0) is 4.79 Å². The molecule has 0 bridgehead atoms. The highest BCUT2D eigenvalue weighted by molar-refractivity contribution is 6.30. The second-order valence-electron chi connectivity index (χ2n) is 8.82. The van der Waals surface area contributed by atoms with Gasteiger partial charge in [0, 0.05) is 37.8 Å². The quantitative estimate of drug-likeness (QED) is 0.531. The van der Waals surface area contributed by atoms with Crippen molar-refractivity contribution in [3.8, 4) is 0 Å². The van der Waals surface area contributed by atoms with Crippen LogP contribution in [0.15, 0.2) is 11.6 Å². The summed E-state index contributed by atoms with van der Waals surface area (Å²) in [5.74, 6) is 1.02. The highest BCUT2D eigenvalue weighted by Crippen LogP contribution is 2.51. The second-order valence-corrected chi connectivity index (χ2v) is 9.89. The molecule has 152 valence electrons. The number of fused-ring (bicyclic) bond motifs is 3. The lowest BCUT2D eigenvalue weighted by Crippen LogP contribution is -2.55. The monoisotopic (exact) mass is 415 g/mol. The van der Waals surface area contributed by atoms with Crippen molar-refractivity contribution in [2.24, 2.45) is 17.8 Å². The normalized spacial score (nSPS) is 45.2. The molecule has 3 aliphatic heterocycles. The van der Waals surface area contributed by atoms with Gasteiger partial charge in [-0.05, 0) is 51.0 Å². The zero-order valence-electron chi connectivity index (χ0n) is 16.2. The number of aliphatic hydroxyl groups is 1. The Labute approximate surface area is 172 Å². The van der Waals surface area contributed by atoms with Gasteiger partial charge in [0.25, 0.3) is 0 Å². The van der Waals surface area contributed by atoms with Gasteiger partial charge in [0.2, 0.25) is 5.91 Å². The van der Waals surface area contributed by atoms with Gasteiger partial charge in [-0.1, -0.05) is 11.6 Å². The Balaban J connectivity index is 1.65. The molecule has 0 radical (unpaired) electrons. The summed E-state index contributed by atoms with van der Waals surface area (Å²) in [5, 5.41) is 13.1. The zero-order valence-corrected chi connectivity index (χ0v) is 17.7. The van der Waals surface area contributed by atoms with Crippen LogP contribution in [0.3, 0.4) is 0 Å². The Hall–Kier alpha value is -0.330. The molecule has 4 rings (SSSR count). The van der Waals surface area contributed by atoms with Crippen LogP contribution in [0.5, 0.6) is 0 Å². The van der Waals surface area contributed by atoms with E-state index in [1.54, 1.807) is 0 Å². The number of nitrogens with zero attached hydrogens (tertiary/aromatic N) is 2. The minimum absolute atomic E-state index is 0.0309. The number of piperidine rings is 1. The van der Waals surface area contributed by atoms with Gasteiger partial charge in [0.05, 0.1) is 10.8 Å². The van der Waals surface area contributed by atoms with Crippen molar-refractivity contribution in [3.63, 3.8) is 0 Å². The van der Waals surface area contributed by atoms with Gasteiger partial charge >= 0.3 is 0 Å². The van der Waals surface area contributed by atoms with Crippen LogP contribution >= 0.6 is 23.2 Å². The van der Waals surface area contributed by atoms with E-state index in [0.717, 1.165) is 32.4 Å². The number of hydrogen-bond acceptors (Lipinski definition) is 4. The van der Waals surface area contributed by atoms with Crippen molar-refractivity contribution in [3.05, 3.63) is 11.6 Å². The lowest BCUT2D eigenvalue weighted by molar-refractivity contribution is -0.139. The Morgan fingerprint density at radius 3 is 2.78 bits per heavy atom. The number of likely N-dealkylation sites (N-methyl/N-ethyl adjacent to an activating group) is 1. The summed E-state index contributed by atoms with van der Waals surface area (Å²) < 4.78 is 0. The Kier molecular flexibility index (Phi) is 5.79. The third-order valence-corrected chi connectivity index (χ3v) is 8.63. The van der Waals surface area contributed by atoms with E-state index >= 15 is 0 Å². The molecule has 3 heterocycles. The van der Waals surface area contributed by atoms with Crippen LogP contribution in [0.1, 0.15) is 26.2 Å². The third kappa shape index (κ3) is 3.44. The molecule has 0 aromatic heterocycles. The number of alkyl halides is 2. The van der Waals surface area contributed by atoms with E-state index in [-0.39, 0.29) is 28.7 Å². The molecular formula is C20H31Cl2N3O2. The first kappa shape index (κ1) is 20.0. The van der Waals surface area contributed by atoms with Gasteiger partial charge in [0.1, 0.15) is 6.61 Å². The number of halogens is 2. The molecule has 1 saturated carbocycles. The maximum absolute atomic E-state index is 12.3. The van der Waals surface area contributed by atoms with Gasteiger partial charge in [-0.2, -0.15) is 0 Å². The summed E-state index contributed by atoms with van der Waals surface area (Å²) in [4.78, 5) is 16.5. The molecule has 27 heavy (non-hydrogen) atoms. The van der Waals surface area contributed by atoms with Crippen LogP contribution in [0.25, 0.3) is 0 Å². The fraction of sp³-hybridized carbons (Fsp3) is 0.850. The smallest absolute Gasteiger partial charge is 0.248 e. The first-order valence-corrected chi connectivity index (χ1v) is 11.1. The lowest BCUT2D eigenvalue weighted by Gasteiger charge is -2.48. The van der Waals surface area contributed by atoms with E-state index < -0.39 is 6.61 Å². The van der Waals surface area contributed by atoms with E-state index in [4.69, 9.17) is 23.2 Å². The predicted molar refractivity (Wildman–Crippen MR) is 108 cm³/mol. The Bertz CT molecular complexity index is 616. The number of rotatable bonds is 2. The molecule has 3 fully saturated rings. The SMILES string of the molecule is C[C@H]1C2C(CCN1C(=O)CO)NC1C(Cl)C(Cl)CC(C3=CCN(C)CC3)C12. The van der Waals surface area contributed by atoms with Crippen molar-refractivity contribution in [2.45, 2.75) is 55.1 Å². The zero-order chi connectivity index (χ0) is 19.3. The van der Waals surface area contributed by atoms with Crippen molar-refractivity contribution < 1.29 is 9.90 Å². The molecular weight excluding hydrogens is 385 g/mol. The maximum atomic E-state index is 12.3. The number of hydrogen-bond donors (Lipinski definition) is 2. The lowest BCUT2D eigenvalue weighted by atomic mass is 9.64. The molecule has 0 spiro atoms. The summed E-state index contributed by atoms with van der Waals surface area (Å²) in [5.41, 5.74) is 1.53. The minimum Gasteiger partial charge on any atom is -0.387 e. The van der Waals surface area contributed by atoms with Gasteiger partial charge in [-0.25, -0.2) is 0 Å². The summed E-state index contributed by atoms with van der Waals surface area (Å²) in [7, 11) is 2.16. The molecule has 7 heteroatoms. The molecule has 2 N–H and O–H groups in total. The molecule has 1 amide bonds. The van der Waals surface area contributed by atoms with Gasteiger partial charge in [-0.15, -0.1) is 23.2 Å². The standard InChI is InChI=1S/C20H31Cl2N3O2/c1-11-17-15(5-8-25(11)16(27)10-26)23-20-18(17)13(9-14(21)19(20)22)12-3-6-24(2)7-4-12/h3,11,13-15,17-20,23,26H,4-10H2,1-2H3/t11-,13?,14?,15?,17?,18?,19?,20?/m0/s1. The van der Waals surface area contributed by atoms with E-state index in [2.05, 4.69) is 30.3 Å². The topological polar surface area (TPSA) is 55.8 Å². The molecule has 8 atom stereocenters. The van der Waals surface area contributed by atoms with Gasteiger partial charge < -0.3 is 20.2 Å². The molecule has 0 aromatic carbocycles. The van der Waals surface area contributed by atoms with Crippen LogP contribution < -0.4 is 5.32 Å². The molecule has 5 nitrogen and oxygen atoms in total. The number of carbonyl (C=O) groups is 1. The first-order chi connectivity index (χ1) is 12.9. The number of nitrogens with one attached hydrogen (secondary N) is 1. The Morgan fingerprint density at radius 2 is 2.11 bits per heavy atom. The average molecular weight is 416 g/mol. The maximum Gasteiger partial charge on any atom is 0.248 e. The number of aliphatic hydroxyl groups excluding tert-OH is 1. The van der Waals surface area contributed by atoms with Gasteiger partial charge in [-0.3, -0.25) is 4.79 Å². The van der Waals surface area contributed by atoms with E-state index in [1.165, 1.54) is 5.57 Å². The van der Waals surface area contributed by atoms with Crippen molar-refractivity contribution >= 4 is 29.1 Å². The summed E-state index contributed by atoms with van der Waals surface area (Å²) in [6, 6.07) is 0.668. The summed E-state index contributed by atoms with van der Waals surface area (Å²) >= 11 is 13.5.